The molecule has 3 rings (SSSR count). The number of nitrogens with zero attached hydrogens (tertiary/aromatic N) is 1. The molecule has 0 aliphatic rings. The van der Waals surface area contributed by atoms with Crippen molar-refractivity contribution in [1.29, 1.82) is 0 Å². The summed E-state index contributed by atoms with van der Waals surface area (Å²) >= 11 is 0. The van der Waals surface area contributed by atoms with Crippen LogP contribution in [0.3, 0.4) is 0 Å². The summed E-state index contributed by atoms with van der Waals surface area (Å²) in [6, 6.07) is 18.2. The first kappa shape index (κ1) is 20.0. The number of rotatable bonds is 8. The maximum atomic E-state index is 13.1. The van der Waals surface area contributed by atoms with Crippen molar-refractivity contribution in [2.45, 2.75) is 12.5 Å². The zero-order valence-corrected chi connectivity index (χ0v) is 15.7. The van der Waals surface area contributed by atoms with Gasteiger partial charge in [-0.05, 0) is 54.1 Å². The van der Waals surface area contributed by atoms with E-state index in [4.69, 9.17) is 4.74 Å². The number of nitrogens with one attached hydrogen (secondary N) is 1. The number of ether oxygens (including phenoxy) is 1. The van der Waals surface area contributed by atoms with E-state index in [1.165, 1.54) is 36.4 Å². The average molecular weight is 394 g/mol. The van der Waals surface area contributed by atoms with Crippen LogP contribution in [-0.4, -0.2) is 17.8 Å². The van der Waals surface area contributed by atoms with Gasteiger partial charge < -0.3 is 10.1 Å². The molecule has 0 bridgehead atoms. The smallest absolute Gasteiger partial charge is 0.269 e. The van der Waals surface area contributed by atoms with Gasteiger partial charge in [0.25, 0.3) is 5.69 Å². The molecule has 0 radical (unpaired) electrons. The third-order valence-corrected chi connectivity index (χ3v) is 4.49. The predicted molar refractivity (Wildman–Crippen MR) is 108 cm³/mol. The summed E-state index contributed by atoms with van der Waals surface area (Å²) in [6.07, 6.45) is 0.0927. The van der Waals surface area contributed by atoms with Gasteiger partial charge in [0, 0.05) is 29.8 Å². The molecule has 1 N–H and O–H groups in total. The highest BCUT2D eigenvalue weighted by Gasteiger charge is 2.19. The van der Waals surface area contributed by atoms with Gasteiger partial charge in [-0.15, -0.1) is 0 Å². The number of non-ortho nitro benzene ring substituents is 1. The van der Waals surface area contributed by atoms with Crippen molar-refractivity contribution in [3.05, 3.63) is 99.9 Å². The van der Waals surface area contributed by atoms with Gasteiger partial charge in [0.05, 0.1) is 18.1 Å². The normalized spacial score (nSPS) is 11.5. The lowest BCUT2D eigenvalue weighted by Crippen LogP contribution is -2.16. The van der Waals surface area contributed by atoms with Gasteiger partial charge in [0.1, 0.15) is 11.6 Å². The molecule has 29 heavy (non-hydrogen) atoms. The van der Waals surface area contributed by atoms with E-state index in [0.29, 0.717) is 11.3 Å². The zero-order chi connectivity index (χ0) is 20.8. The molecule has 0 aliphatic carbocycles. The van der Waals surface area contributed by atoms with Crippen molar-refractivity contribution in [3.8, 4) is 5.75 Å². The van der Waals surface area contributed by atoms with Gasteiger partial charge in [-0.3, -0.25) is 14.9 Å². The minimum Gasteiger partial charge on any atom is -0.497 e. The SMILES string of the molecule is COc1ccc(NC(CC(=O)c2ccc(F)cc2)c2ccc([N+](=O)[O-])cc2)cc1. The van der Waals surface area contributed by atoms with Gasteiger partial charge in [-0.25, -0.2) is 4.39 Å². The molecule has 0 aliphatic heterocycles. The van der Waals surface area contributed by atoms with E-state index in [-0.39, 0.29) is 17.9 Å². The number of anilines is 1. The molecule has 148 valence electrons. The Morgan fingerprint density at radius 3 is 2.21 bits per heavy atom. The molecule has 3 aromatic carbocycles. The minimum atomic E-state index is -0.473. The topological polar surface area (TPSA) is 81.5 Å². The van der Waals surface area contributed by atoms with Crippen molar-refractivity contribution < 1.29 is 18.8 Å². The molecule has 0 heterocycles. The molecule has 7 heteroatoms. The number of nitro groups is 1. The summed E-state index contributed by atoms with van der Waals surface area (Å²) in [6.45, 7) is 0. The summed E-state index contributed by atoms with van der Waals surface area (Å²) in [5, 5.41) is 14.2. The van der Waals surface area contributed by atoms with Crippen LogP contribution in [0.2, 0.25) is 0 Å². The van der Waals surface area contributed by atoms with Crippen LogP contribution in [0.25, 0.3) is 0 Å². The second kappa shape index (κ2) is 8.97. The van der Waals surface area contributed by atoms with E-state index in [1.54, 1.807) is 31.4 Å². The Labute approximate surface area is 167 Å². The molecular weight excluding hydrogens is 375 g/mol. The highest BCUT2D eigenvalue weighted by molar-refractivity contribution is 5.96. The largest absolute Gasteiger partial charge is 0.497 e. The number of nitro benzene ring substituents is 1. The molecule has 1 atom stereocenters. The Morgan fingerprint density at radius 1 is 1.03 bits per heavy atom. The molecule has 0 saturated carbocycles. The van der Waals surface area contributed by atoms with Crippen molar-refractivity contribution in [3.63, 3.8) is 0 Å². The first-order valence-electron chi connectivity index (χ1n) is 8.90. The number of benzene rings is 3. The summed E-state index contributed by atoms with van der Waals surface area (Å²) in [5.74, 6) is 0.115. The van der Waals surface area contributed by atoms with Crippen LogP contribution in [0, 0.1) is 15.9 Å². The zero-order valence-electron chi connectivity index (χ0n) is 15.7. The number of carbonyl (C=O) groups excluding carboxylic acids is 1. The van der Waals surface area contributed by atoms with Crippen molar-refractivity contribution in [2.24, 2.45) is 0 Å². The number of carbonyl (C=O) groups is 1. The van der Waals surface area contributed by atoms with Gasteiger partial charge in [-0.1, -0.05) is 12.1 Å². The average Bonchev–Trinajstić information content (AvgIpc) is 2.74. The number of hydrogen-bond donors (Lipinski definition) is 1. The fourth-order valence-electron chi connectivity index (χ4n) is 2.91. The van der Waals surface area contributed by atoms with Gasteiger partial charge in [0.2, 0.25) is 0 Å². The highest BCUT2D eigenvalue weighted by Crippen LogP contribution is 2.27. The first-order valence-corrected chi connectivity index (χ1v) is 8.90. The third-order valence-electron chi connectivity index (χ3n) is 4.49. The van der Waals surface area contributed by atoms with Crippen LogP contribution < -0.4 is 10.1 Å². The van der Waals surface area contributed by atoms with Crippen LogP contribution >= 0.6 is 0 Å². The van der Waals surface area contributed by atoms with E-state index in [1.807, 2.05) is 12.1 Å². The van der Waals surface area contributed by atoms with Crippen LogP contribution in [0.15, 0.2) is 72.8 Å². The monoisotopic (exact) mass is 394 g/mol. The summed E-state index contributed by atoms with van der Waals surface area (Å²) in [5.41, 5.74) is 1.86. The van der Waals surface area contributed by atoms with Crippen LogP contribution in [0.5, 0.6) is 5.75 Å². The summed E-state index contributed by atoms with van der Waals surface area (Å²) in [4.78, 5) is 23.2. The molecule has 0 amide bonds. The Hall–Kier alpha value is -3.74. The number of methoxy groups -OCH3 is 1. The predicted octanol–water partition coefficient (Wildman–Crippen LogP) is 5.17. The lowest BCUT2D eigenvalue weighted by atomic mass is 9.97. The van der Waals surface area contributed by atoms with Crippen molar-refractivity contribution >= 4 is 17.2 Å². The number of hydrogen-bond acceptors (Lipinski definition) is 5. The molecule has 0 spiro atoms. The van der Waals surface area contributed by atoms with E-state index < -0.39 is 16.8 Å². The first-order chi connectivity index (χ1) is 14.0. The number of Topliss-reactive ketones (excluding diaryl/α,β-unsaturated/α-hetero) is 1. The lowest BCUT2D eigenvalue weighted by Gasteiger charge is -2.20. The van der Waals surface area contributed by atoms with E-state index in [0.717, 1.165) is 11.3 Å². The van der Waals surface area contributed by atoms with E-state index in [9.17, 15) is 19.3 Å². The molecule has 6 nitrogen and oxygen atoms in total. The van der Waals surface area contributed by atoms with Crippen LogP contribution in [-0.2, 0) is 0 Å². The Balaban J connectivity index is 1.86. The molecule has 0 saturated heterocycles. The van der Waals surface area contributed by atoms with E-state index >= 15 is 0 Å². The number of halogens is 1. The molecule has 3 aromatic rings. The lowest BCUT2D eigenvalue weighted by molar-refractivity contribution is -0.384. The second-order valence-electron chi connectivity index (χ2n) is 6.41. The fraction of sp³-hybridized carbons (Fsp3) is 0.136. The molecule has 0 aromatic heterocycles. The Bertz CT molecular complexity index is 987. The quantitative estimate of drug-likeness (QED) is 0.324. The highest BCUT2D eigenvalue weighted by atomic mass is 19.1. The Kier molecular flexibility index (Phi) is 6.19. The maximum Gasteiger partial charge on any atom is 0.269 e. The molecule has 1 unspecified atom stereocenters. The van der Waals surface area contributed by atoms with Crippen LogP contribution in [0.1, 0.15) is 28.4 Å². The van der Waals surface area contributed by atoms with E-state index in [2.05, 4.69) is 5.32 Å². The van der Waals surface area contributed by atoms with Gasteiger partial charge in [-0.2, -0.15) is 0 Å². The molecule has 0 fully saturated rings. The second-order valence-corrected chi connectivity index (χ2v) is 6.41. The minimum absolute atomic E-state index is 0.0261. The number of ketones is 1. The van der Waals surface area contributed by atoms with Gasteiger partial charge >= 0.3 is 0 Å². The van der Waals surface area contributed by atoms with Crippen molar-refractivity contribution in [1.82, 2.24) is 0 Å². The summed E-state index contributed by atoms with van der Waals surface area (Å²) in [7, 11) is 1.57. The van der Waals surface area contributed by atoms with Gasteiger partial charge in [0.15, 0.2) is 5.78 Å². The molecular formula is C22H19FN2O4. The summed E-state index contributed by atoms with van der Waals surface area (Å²) < 4.78 is 18.3. The maximum absolute atomic E-state index is 13.1. The Morgan fingerprint density at radius 2 is 1.66 bits per heavy atom. The standard InChI is InChI=1S/C22H19FN2O4/c1-29-20-12-8-18(9-13-20)24-21(15-4-10-19(11-5-15)25(27)28)14-22(26)16-2-6-17(23)7-3-16/h2-13,21,24H,14H2,1H3. The van der Waals surface area contributed by atoms with Crippen molar-refractivity contribution in [2.75, 3.05) is 12.4 Å². The van der Waals surface area contributed by atoms with Crippen LogP contribution in [0.4, 0.5) is 15.8 Å². The third kappa shape index (κ3) is 5.16. The fourth-order valence-corrected chi connectivity index (χ4v) is 2.91.